The van der Waals surface area contributed by atoms with Crippen molar-refractivity contribution in [3.8, 4) is 11.4 Å². The summed E-state index contributed by atoms with van der Waals surface area (Å²) in [6.07, 6.45) is 2.12. The maximum Gasteiger partial charge on any atom is 0.340 e. The summed E-state index contributed by atoms with van der Waals surface area (Å²) in [5, 5.41) is 14.1. The second-order valence-corrected chi connectivity index (χ2v) is 8.18. The number of nitrogens with one attached hydrogen (secondary N) is 1. The Balaban J connectivity index is 1.86. The zero-order valence-electron chi connectivity index (χ0n) is 19.1. The molecular formula is C26H30N2O5. The number of esters is 2. The minimum atomic E-state index is -0.530. The van der Waals surface area contributed by atoms with Crippen LogP contribution in [-0.4, -0.2) is 47.9 Å². The molecule has 33 heavy (non-hydrogen) atoms. The van der Waals surface area contributed by atoms with Crippen molar-refractivity contribution in [3.63, 3.8) is 0 Å². The standard InChI is InChI=1S/C26H30N2O5/c1-3-32-24(30)16-23-25(26(31)33-4-2)21-15-20(29)9-10-22(21)28(23)19-7-5-17(6-8-19)18-11-13-27-14-12-18/h5-10,15,18,27,29H,3-4,11-14,16H2,1-2H3. The number of fused-ring (bicyclic) bond motifs is 1. The molecular weight excluding hydrogens is 420 g/mol. The molecule has 174 valence electrons. The lowest BCUT2D eigenvalue weighted by molar-refractivity contribution is -0.142. The molecule has 0 radical (unpaired) electrons. The van der Waals surface area contributed by atoms with Crippen LogP contribution >= 0.6 is 0 Å². The topological polar surface area (TPSA) is 89.8 Å². The highest BCUT2D eigenvalue weighted by atomic mass is 16.5. The van der Waals surface area contributed by atoms with Crippen molar-refractivity contribution in [2.45, 2.75) is 39.0 Å². The van der Waals surface area contributed by atoms with Crippen molar-refractivity contribution in [2.75, 3.05) is 26.3 Å². The highest BCUT2D eigenvalue weighted by Crippen LogP contribution is 2.34. The van der Waals surface area contributed by atoms with Gasteiger partial charge in [-0.05, 0) is 81.6 Å². The number of carbonyl (C=O) groups is 2. The Kier molecular flexibility index (Phi) is 6.99. The normalized spacial score (nSPS) is 14.4. The van der Waals surface area contributed by atoms with Gasteiger partial charge in [-0.25, -0.2) is 4.79 Å². The molecule has 3 aromatic rings. The number of aromatic nitrogens is 1. The predicted octanol–water partition coefficient (Wildman–Crippen LogP) is 4.09. The van der Waals surface area contributed by atoms with Crippen LogP contribution in [0.5, 0.6) is 5.75 Å². The summed E-state index contributed by atoms with van der Waals surface area (Å²) in [5.74, 6) is -0.401. The Hall–Kier alpha value is -3.32. The van der Waals surface area contributed by atoms with Gasteiger partial charge in [0.15, 0.2) is 0 Å². The maximum atomic E-state index is 13.0. The fourth-order valence-electron chi connectivity index (χ4n) is 4.62. The number of benzene rings is 2. The fourth-order valence-corrected chi connectivity index (χ4v) is 4.62. The van der Waals surface area contributed by atoms with Gasteiger partial charge < -0.3 is 24.5 Å². The molecule has 1 saturated heterocycles. The fraction of sp³-hybridized carbons (Fsp3) is 0.385. The van der Waals surface area contributed by atoms with Gasteiger partial charge in [-0.1, -0.05) is 12.1 Å². The Bertz CT molecular complexity index is 1140. The highest BCUT2D eigenvalue weighted by molar-refractivity contribution is 6.07. The van der Waals surface area contributed by atoms with Crippen molar-refractivity contribution in [2.24, 2.45) is 0 Å². The summed E-state index contributed by atoms with van der Waals surface area (Å²) in [6.45, 7) is 5.97. The number of aromatic hydroxyl groups is 1. The first kappa shape index (κ1) is 22.9. The third-order valence-electron chi connectivity index (χ3n) is 6.11. The molecule has 2 N–H and O–H groups in total. The molecule has 7 heteroatoms. The summed E-state index contributed by atoms with van der Waals surface area (Å²) >= 11 is 0. The van der Waals surface area contributed by atoms with E-state index < -0.39 is 11.9 Å². The van der Waals surface area contributed by atoms with Crippen LogP contribution in [0.4, 0.5) is 0 Å². The van der Waals surface area contributed by atoms with Crippen LogP contribution < -0.4 is 5.32 Å². The summed E-state index contributed by atoms with van der Waals surface area (Å²) in [5.41, 5.74) is 3.59. The first-order valence-electron chi connectivity index (χ1n) is 11.5. The first-order chi connectivity index (χ1) is 16.0. The van der Waals surface area contributed by atoms with Gasteiger partial charge in [-0.3, -0.25) is 4.79 Å². The van der Waals surface area contributed by atoms with Gasteiger partial charge in [0, 0.05) is 16.8 Å². The van der Waals surface area contributed by atoms with Crippen molar-refractivity contribution in [1.82, 2.24) is 9.88 Å². The minimum Gasteiger partial charge on any atom is -0.508 e. The Morgan fingerprint density at radius 3 is 2.39 bits per heavy atom. The zero-order chi connectivity index (χ0) is 23.4. The summed E-state index contributed by atoms with van der Waals surface area (Å²) in [7, 11) is 0. The third kappa shape index (κ3) is 4.73. The summed E-state index contributed by atoms with van der Waals surface area (Å²) in [6, 6.07) is 13.1. The molecule has 1 aromatic heterocycles. The lowest BCUT2D eigenvalue weighted by atomic mass is 9.90. The number of carbonyl (C=O) groups excluding carboxylic acids is 2. The van der Waals surface area contributed by atoms with Crippen LogP contribution in [-0.2, 0) is 20.7 Å². The van der Waals surface area contributed by atoms with Gasteiger partial charge in [0.05, 0.1) is 30.7 Å². The molecule has 7 nitrogen and oxygen atoms in total. The van der Waals surface area contributed by atoms with Gasteiger partial charge >= 0.3 is 11.9 Å². The van der Waals surface area contributed by atoms with Gasteiger partial charge in [0.2, 0.25) is 0 Å². The molecule has 2 aromatic carbocycles. The van der Waals surface area contributed by atoms with E-state index >= 15 is 0 Å². The second-order valence-electron chi connectivity index (χ2n) is 8.18. The zero-order valence-corrected chi connectivity index (χ0v) is 19.1. The molecule has 0 atom stereocenters. The van der Waals surface area contributed by atoms with E-state index in [2.05, 4.69) is 17.4 Å². The van der Waals surface area contributed by atoms with Crippen LogP contribution in [0.25, 0.3) is 16.6 Å². The predicted molar refractivity (Wildman–Crippen MR) is 126 cm³/mol. The van der Waals surface area contributed by atoms with Crippen LogP contribution in [0.3, 0.4) is 0 Å². The van der Waals surface area contributed by atoms with Crippen LogP contribution in [0.2, 0.25) is 0 Å². The van der Waals surface area contributed by atoms with E-state index in [0.29, 0.717) is 22.5 Å². The van der Waals surface area contributed by atoms with Crippen molar-refractivity contribution in [3.05, 3.63) is 59.3 Å². The number of phenolic OH excluding ortho intramolecular Hbond substituents is 1. The Morgan fingerprint density at radius 1 is 1.03 bits per heavy atom. The SMILES string of the molecule is CCOC(=O)Cc1c(C(=O)OCC)c2cc(O)ccc2n1-c1ccc(C2CCNCC2)cc1. The Labute approximate surface area is 193 Å². The van der Waals surface area contributed by atoms with E-state index in [1.54, 1.807) is 26.0 Å². The van der Waals surface area contributed by atoms with E-state index in [1.807, 2.05) is 16.7 Å². The third-order valence-corrected chi connectivity index (χ3v) is 6.11. The van der Waals surface area contributed by atoms with Crippen LogP contribution in [0.15, 0.2) is 42.5 Å². The van der Waals surface area contributed by atoms with E-state index in [4.69, 9.17) is 9.47 Å². The molecule has 1 aliphatic rings. The smallest absolute Gasteiger partial charge is 0.340 e. The maximum absolute atomic E-state index is 13.0. The van der Waals surface area contributed by atoms with Crippen LogP contribution in [0.1, 0.15) is 54.2 Å². The lowest BCUT2D eigenvalue weighted by Crippen LogP contribution is -2.26. The van der Waals surface area contributed by atoms with Crippen molar-refractivity contribution in [1.29, 1.82) is 0 Å². The number of nitrogens with zero attached hydrogens (tertiary/aromatic N) is 1. The van der Waals surface area contributed by atoms with E-state index in [-0.39, 0.29) is 30.9 Å². The molecule has 0 spiro atoms. The van der Waals surface area contributed by atoms with Crippen molar-refractivity contribution >= 4 is 22.8 Å². The molecule has 1 aliphatic heterocycles. The van der Waals surface area contributed by atoms with Gasteiger partial charge in [-0.2, -0.15) is 0 Å². The quantitative estimate of drug-likeness (QED) is 0.527. The van der Waals surface area contributed by atoms with E-state index in [1.165, 1.54) is 11.6 Å². The minimum absolute atomic E-state index is 0.0362. The lowest BCUT2D eigenvalue weighted by Gasteiger charge is -2.23. The van der Waals surface area contributed by atoms with Gasteiger partial charge in [0.25, 0.3) is 0 Å². The molecule has 0 bridgehead atoms. The Morgan fingerprint density at radius 2 is 1.73 bits per heavy atom. The first-order valence-corrected chi connectivity index (χ1v) is 11.5. The molecule has 4 rings (SSSR count). The summed E-state index contributed by atoms with van der Waals surface area (Å²) in [4.78, 5) is 25.5. The van der Waals surface area contributed by atoms with E-state index in [0.717, 1.165) is 31.6 Å². The highest BCUT2D eigenvalue weighted by Gasteiger charge is 2.27. The number of ether oxygens (including phenoxy) is 2. The number of phenols is 1. The molecule has 0 unspecified atom stereocenters. The van der Waals surface area contributed by atoms with Gasteiger partial charge in [0.1, 0.15) is 5.75 Å². The molecule has 0 saturated carbocycles. The monoisotopic (exact) mass is 450 g/mol. The number of piperidine rings is 1. The average molecular weight is 451 g/mol. The van der Waals surface area contributed by atoms with Crippen molar-refractivity contribution < 1.29 is 24.2 Å². The second kappa shape index (κ2) is 10.1. The number of rotatable bonds is 7. The van der Waals surface area contributed by atoms with Gasteiger partial charge in [-0.15, -0.1) is 0 Å². The molecule has 0 amide bonds. The number of hydrogen-bond acceptors (Lipinski definition) is 6. The largest absolute Gasteiger partial charge is 0.508 e. The summed E-state index contributed by atoms with van der Waals surface area (Å²) < 4.78 is 12.4. The van der Waals surface area contributed by atoms with Crippen LogP contribution in [0, 0.1) is 0 Å². The van der Waals surface area contributed by atoms with E-state index in [9.17, 15) is 14.7 Å². The molecule has 2 heterocycles. The number of hydrogen-bond donors (Lipinski definition) is 2. The average Bonchev–Trinajstić information content (AvgIpc) is 3.12. The molecule has 0 aliphatic carbocycles. The molecule has 1 fully saturated rings.